The number of pyridine rings is 1. The first-order chi connectivity index (χ1) is 12.9. The van der Waals surface area contributed by atoms with E-state index in [1.54, 1.807) is 12.3 Å². The van der Waals surface area contributed by atoms with Crippen LogP contribution >= 0.6 is 45.2 Å². The van der Waals surface area contributed by atoms with E-state index in [4.69, 9.17) is 5.11 Å². The van der Waals surface area contributed by atoms with Crippen LogP contribution in [0.1, 0.15) is 11.1 Å². The molecule has 0 atom stereocenters. The highest BCUT2D eigenvalue weighted by Crippen LogP contribution is 2.21. The molecule has 0 radical (unpaired) electrons. The Hall–Kier alpha value is -1.34. The molecule has 2 aromatic rings. The van der Waals surface area contributed by atoms with Crippen molar-refractivity contribution in [2.75, 3.05) is 26.2 Å². The van der Waals surface area contributed by atoms with Gasteiger partial charge in [0, 0.05) is 51.6 Å². The van der Waals surface area contributed by atoms with Gasteiger partial charge in [0.2, 0.25) is 0 Å². The topological polar surface area (TPSA) is 86.0 Å². The number of hydrogen-bond acceptors (Lipinski definition) is 4. The number of carbonyl (C=O) groups is 1. The fourth-order valence-corrected chi connectivity index (χ4v) is 4.90. The van der Waals surface area contributed by atoms with Crippen LogP contribution in [-0.4, -0.2) is 56.9 Å². The molecule has 0 saturated carbocycles. The molecule has 0 bridgehead atoms. The van der Waals surface area contributed by atoms with Crippen LogP contribution in [-0.2, 0) is 13.1 Å². The minimum absolute atomic E-state index is 0.237. The predicted octanol–water partition coefficient (Wildman–Crippen LogP) is 2.61. The highest BCUT2D eigenvalue weighted by molar-refractivity contribution is 14.1. The van der Waals surface area contributed by atoms with Crippen LogP contribution < -0.4 is 5.56 Å². The Morgan fingerprint density at radius 1 is 1.04 bits per heavy atom. The summed E-state index contributed by atoms with van der Waals surface area (Å²) in [6.07, 6.45) is 0.801. The number of piperazine rings is 1. The lowest BCUT2D eigenvalue weighted by Gasteiger charge is -2.33. The third kappa shape index (κ3) is 4.74. The van der Waals surface area contributed by atoms with Gasteiger partial charge in [0.05, 0.1) is 6.54 Å². The minimum atomic E-state index is -0.912. The molecule has 3 rings (SSSR count). The Balaban J connectivity index is 1.74. The number of aromatic hydroxyl groups is 1. The second kappa shape index (κ2) is 8.78. The molecule has 1 saturated heterocycles. The standard InChI is InChI=1S/C18H19I2N3O4/c19-14-2-1-3-15(20)13(14)11-23-5-4-12(16(24)17(23)25)10-21-6-8-22(9-7-21)18(26)27/h1-5,24H,6-11H2,(H,26,27). The maximum Gasteiger partial charge on any atom is 0.407 e. The molecule has 1 aromatic carbocycles. The molecular formula is C18H19I2N3O4. The van der Waals surface area contributed by atoms with E-state index in [1.807, 2.05) is 23.1 Å². The number of nitrogens with zero attached hydrogens (tertiary/aromatic N) is 3. The summed E-state index contributed by atoms with van der Waals surface area (Å²) in [4.78, 5) is 27.0. The summed E-state index contributed by atoms with van der Waals surface area (Å²) in [6.45, 7) is 2.84. The van der Waals surface area contributed by atoms with Gasteiger partial charge >= 0.3 is 6.09 Å². The molecule has 0 aliphatic carbocycles. The van der Waals surface area contributed by atoms with Crippen LogP contribution in [0.3, 0.4) is 0 Å². The van der Waals surface area contributed by atoms with E-state index < -0.39 is 11.7 Å². The van der Waals surface area contributed by atoms with Gasteiger partial charge in [-0.2, -0.15) is 0 Å². The van der Waals surface area contributed by atoms with Crippen LogP contribution in [0.25, 0.3) is 0 Å². The van der Waals surface area contributed by atoms with Crippen molar-refractivity contribution in [3.8, 4) is 5.75 Å². The van der Waals surface area contributed by atoms with E-state index in [9.17, 15) is 14.7 Å². The summed E-state index contributed by atoms with van der Waals surface area (Å²) in [5, 5.41) is 19.4. The van der Waals surface area contributed by atoms with E-state index in [1.165, 1.54) is 9.47 Å². The zero-order valence-electron chi connectivity index (χ0n) is 14.4. The Morgan fingerprint density at radius 3 is 2.26 bits per heavy atom. The third-order valence-corrected chi connectivity index (χ3v) is 6.67. The first-order valence-corrected chi connectivity index (χ1v) is 10.6. The Morgan fingerprint density at radius 2 is 1.67 bits per heavy atom. The Labute approximate surface area is 183 Å². The summed E-state index contributed by atoms with van der Waals surface area (Å²) in [5.74, 6) is -0.237. The zero-order chi connectivity index (χ0) is 19.6. The maximum atomic E-state index is 12.6. The molecule has 1 fully saturated rings. The van der Waals surface area contributed by atoms with Crippen molar-refractivity contribution >= 4 is 51.3 Å². The molecule has 9 heteroatoms. The van der Waals surface area contributed by atoms with Gasteiger partial charge in [0.25, 0.3) is 5.56 Å². The van der Waals surface area contributed by atoms with Gasteiger partial charge in [0.1, 0.15) is 0 Å². The monoisotopic (exact) mass is 595 g/mol. The Kier molecular flexibility index (Phi) is 6.63. The smallest absolute Gasteiger partial charge is 0.407 e. The van der Waals surface area contributed by atoms with Crippen LogP contribution in [0.4, 0.5) is 4.79 Å². The van der Waals surface area contributed by atoms with Gasteiger partial charge in [-0.3, -0.25) is 9.69 Å². The third-order valence-electron chi connectivity index (χ3n) is 4.65. The normalized spacial score (nSPS) is 15.1. The summed E-state index contributed by atoms with van der Waals surface area (Å²) < 4.78 is 3.67. The van der Waals surface area contributed by atoms with E-state index in [0.29, 0.717) is 44.8 Å². The second-order valence-corrected chi connectivity index (χ2v) is 8.69. The van der Waals surface area contributed by atoms with Gasteiger partial charge in [-0.15, -0.1) is 0 Å². The van der Waals surface area contributed by atoms with Gasteiger partial charge in [-0.05, 0) is 68.9 Å². The average Bonchev–Trinajstić information content (AvgIpc) is 2.64. The highest BCUT2D eigenvalue weighted by atomic mass is 127. The van der Waals surface area contributed by atoms with E-state index in [-0.39, 0.29) is 5.75 Å². The molecule has 1 amide bonds. The van der Waals surface area contributed by atoms with Crippen molar-refractivity contribution in [2.24, 2.45) is 0 Å². The largest absolute Gasteiger partial charge is 0.503 e. The molecule has 2 N–H and O–H groups in total. The van der Waals surface area contributed by atoms with Gasteiger partial charge in [0.15, 0.2) is 5.75 Å². The molecule has 27 heavy (non-hydrogen) atoms. The Bertz CT molecular complexity index is 888. The fourth-order valence-electron chi connectivity index (χ4n) is 3.04. The van der Waals surface area contributed by atoms with Crippen molar-refractivity contribution < 1.29 is 15.0 Å². The maximum absolute atomic E-state index is 12.6. The van der Waals surface area contributed by atoms with Gasteiger partial charge in [-0.25, -0.2) is 4.79 Å². The lowest BCUT2D eigenvalue weighted by atomic mass is 10.2. The van der Waals surface area contributed by atoms with Crippen LogP contribution in [0.15, 0.2) is 35.3 Å². The second-order valence-electron chi connectivity index (χ2n) is 6.37. The highest BCUT2D eigenvalue weighted by Gasteiger charge is 2.21. The first-order valence-electron chi connectivity index (χ1n) is 8.41. The predicted molar refractivity (Wildman–Crippen MR) is 118 cm³/mol. The minimum Gasteiger partial charge on any atom is -0.503 e. The average molecular weight is 595 g/mol. The molecule has 1 aromatic heterocycles. The van der Waals surface area contributed by atoms with Gasteiger partial charge in [-0.1, -0.05) is 6.07 Å². The first kappa shape index (κ1) is 20.4. The number of amides is 1. The molecule has 2 heterocycles. The van der Waals surface area contributed by atoms with Crippen molar-refractivity contribution in [2.45, 2.75) is 13.1 Å². The lowest BCUT2D eigenvalue weighted by molar-refractivity contribution is 0.102. The number of aromatic nitrogens is 1. The SMILES string of the molecule is O=C(O)N1CCN(Cc2ccn(Cc3c(I)cccc3I)c(=O)c2O)CC1. The van der Waals surface area contributed by atoms with Crippen molar-refractivity contribution in [1.29, 1.82) is 0 Å². The molecule has 0 unspecified atom stereocenters. The van der Waals surface area contributed by atoms with Crippen molar-refractivity contribution in [3.63, 3.8) is 0 Å². The molecule has 0 spiro atoms. The van der Waals surface area contributed by atoms with E-state index in [2.05, 4.69) is 45.2 Å². The van der Waals surface area contributed by atoms with E-state index >= 15 is 0 Å². The summed E-state index contributed by atoms with van der Waals surface area (Å²) in [7, 11) is 0. The van der Waals surface area contributed by atoms with Crippen molar-refractivity contribution in [1.82, 2.24) is 14.4 Å². The number of carboxylic acid groups (broad SMARTS) is 1. The zero-order valence-corrected chi connectivity index (χ0v) is 18.8. The number of halogens is 2. The molecule has 1 aliphatic rings. The van der Waals surface area contributed by atoms with Crippen LogP contribution in [0.5, 0.6) is 5.75 Å². The van der Waals surface area contributed by atoms with E-state index in [0.717, 1.165) is 12.7 Å². The number of hydrogen-bond donors (Lipinski definition) is 2. The van der Waals surface area contributed by atoms with Crippen LogP contribution in [0.2, 0.25) is 0 Å². The lowest BCUT2D eigenvalue weighted by Crippen LogP contribution is -2.47. The van der Waals surface area contributed by atoms with Crippen LogP contribution in [0, 0.1) is 7.14 Å². The summed E-state index contributed by atoms with van der Waals surface area (Å²) in [5.41, 5.74) is 1.21. The number of rotatable bonds is 4. The molecule has 7 nitrogen and oxygen atoms in total. The molecule has 1 aliphatic heterocycles. The fraction of sp³-hybridized carbons (Fsp3) is 0.333. The summed E-state index contributed by atoms with van der Waals surface area (Å²) >= 11 is 4.50. The van der Waals surface area contributed by atoms with Crippen molar-refractivity contribution in [3.05, 3.63) is 59.1 Å². The quantitative estimate of drug-likeness (QED) is 0.532. The van der Waals surface area contributed by atoms with Gasteiger partial charge < -0.3 is 19.7 Å². The molecular weight excluding hydrogens is 576 g/mol. The number of benzene rings is 1. The molecule has 144 valence electrons. The summed E-state index contributed by atoms with van der Waals surface area (Å²) in [6, 6.07) is 7.73.